The van der Waals surface area contributed by atoms with Crippen LogP contribution < -0.4 is 10.2 Å². The summed E-state index contributed by atoms with van der Waals surface area (Å²) >= 11 is 0. The normalized spacial score (nSPS) is 19.5. The van der Waals surface area contributed by atoms with Crippen molar-refractivity contribution in [2.24, 2.45) is 5.92 Å². The maximum absolute atomic E-state index is 12.5. The third-order valence-corrected chi connectivity index (χ3v) is 5.09. The minimum Gasteiger partial charge on any atom is -0.354 e. The van der Waals surface area contributed by atoms with Crippen molar-refractivity contribution in [2.75, 3.05) is 18.0 Å². The number of fused-ring (bicyclic) bond motifs is 1. The van der Waals surface area contributed by atoms with Gasteiger partial charge in [-0.1, -0.05) is 6.07 Å². The smallest absolute Gasteiger partial charge is 0.225 e. The zero-order valence-electron chi connectivity index (χ0n) is 14.3. The van der Waals surface area contributed by atoms with Crippen molar-refractivity contribution in [3.05, 3.63) is 47.4 Å². The second kappa shape index (κ2) is 7.17. The van der Waals surface area contributed by atoms with Crippen LogP contribution in [0.1, 0.15) is 36.2 Å². The summed E-state index contributed by atoms with van der Waals surface area (Å²) in [4.78, 5) is 19.0. The molecule has 1 aliphatic heterocycles. The molecule has 6 heteroatoms. The molecule has 25 heavy (non-hydrogen) atoms. The van der Waals surface area contributed by atoms with Gasteiger partial charge < -0.3 is 10.2 Å². The second-order valence-electron chi connectivity index (χ2n) is 6.85. The van der Waals surface area contributed by atoms with E-state index in [-0.39, 0.29) is 11.8 Å². The van der Waals surface area contributed by atoms with E-state index in [1.54, 1.807) is 6.20 Å². The van der Waals surface area contributed by atoms with E-state index in [1.165, 1.54) is 12.0 Å². The molecule has 1 amide bonds. The van der Waals surface area contributed by atoms with Crippen LogP contribution in [-0.2, 0) is 24.2 Å². The molecule has 3 heterocycles. The predicted octanol–water partition coefficient (Wildman–Crippen LogP) is 1.89. The number of aromatic nitrogens is 3. The minimum absolute atomic E-state index is 0.00693. The van der Waals surface area contributed by atoms with Crippen molar-refractivity contribution < 1.29 is 4.79 Å². The number of pyridine rings is 1. The van der Waals surface area contributed by atoms with Crippen LogP contribution in [0.25, 0.3) is 0 Å². The maximum Gasteiger partial charge on any atom is 0.225 e. The summed E-state index contributed by atoms with van der Waals surface area (Å²) in [5.74, 6) is 1.01. The van der Waals surface area contributed by atoms with Crippen molar-refractivity contribution >= 4 is 11.7 Å². The Balaban J connectivity index is 1.38. The Labute approximate surface area is 147 Å². The molecule has 1 unspecified atom stereocenters. The van der Waals surface area contributed by atoms with E-state index >= 15 is 0 Å². The first-order chi connectivity index (χ1) is 12.3. The van der Waals surface area contributed by atoms with Crippen molar-refractivity contribution in [1.82, 2.24) is 20.5 Å². The van der Waals surface area contributed by atoms with E-state index in [1.807, 2.05) is 18.2 Å². The summed E-state index contributed by atoms with van der Waals surface area (Å²) in [6, 6.07) is 7.91. The topological polar surface area (TPSA) is 71.0 Å². The summed E-state index contributed by atoms with van der Waals surface area (Å²) < 4.78 is 0. The van der Waals surface area contributed by atoms with Gasteiger partial charge in [0.2, 0.25) is 5.91 Å². The van der Waals surface area contributed by atoms with E-state index in [2.05, 4.69) is 31.5 Å². The van der Waals surface area contributed by atoms with Gasteiger partial charge in [-0.15, -0.1) is 5.10 Å². The first-order valence-corrected chi connectivity index (χ1v) is 9.07. The molecule has 130 valence electrons. The van der Waals surface area contributed by atoms with Crippen molar-refractivity contribution in [3.63, 3.8) is 0 Å². The summed E-state index contributed by atoms with van der Waals surface area (Å²) in [6.07, 6.45) is 6.98. The number of nitrogens with zero attached hydrogens (tertiary/aromatic N) is 4. The zero-order chi connectivity index (χ0) is 17.1. The Morgan fingerprint density at radius 2 is 2.20 bits per heavy atom. The fourth-order valence-electron chi connectivity index (χ4n) is 3.70. The molecule has 0 saturated carbocycles. The van der Waals surface area contributed by atoms with Gasteiger partial charge in [0.25, 0.3) is 0 Å². The molecule has 6 nitrogen and oxygen atoms in total. The second-order valence-corrected chi connectivity index (χ2v) is 6.85. The summed E-state index contributed by atoms with van der Waals surface area (Å²) in [5, 5.41) is 11.8. The Hall–Kier alpha value is -2.50. The quantitative estimate of drug-likeness (QED) is 0.922. The molecule has 1 saturated heterocycles. The molecule has 1 fully saturated rings. The number of rotatable bonds is 4. The number of piperidine rings is 1. The number of carbonyl (C=O) groups excluding carboxylic acids is 1. The Kier molecular flexibility index (Phi) is 4.59. The van der Waals surface area contributed by atoms with Gasteiger partial charge in [-0.05, 0) is 55.9 Å². The van der Waals surface area contributed by atoms with Crippen LogP contribution in [0.3, 0.4) is 0 Å². The van der Waals surface area contributed by atoms with E-state index in [0.29, 0.717) is 13.1 Å². The highest BCUT2D eigenvalue weighted by Gasteiger charge is 2.27. The van der Waals surface area contributed by atoms with Crippen molar-refractivity contribution in [3.8, 4) is 0 Å². The molecular formula is C19H23N5O. The van der Waals surface area contributed by atoms with Gasteiger partial charge >= 0.3 is 0 Å². The van der Waals surface area contributed by atoms with Gasteiger partial charge in [0.05, 0.1) is 23.9 Å². The molecule has 4 rings (SSSR count). The number of anilines is 1. The lowest BCUT2D eigenvalue weighted by Gasteiger charge is -2.32. The third-order valence-electron chi connectivity index (χ3n) is 5.09. The monoisotopic (exact) mass is 337 g/mol. The minimum atomic E-state index is -0.00693. The molecule has 0 spiro atoms. The molecule has 0 bridgehead atoms. The maximum atomic E-state index is 12.5. The van der Waals surface area contributed by atoms with Gasteiger partial charge in [-0.2, -0.15) is 5.10 Å². The third kappa shape index (κ3) is 3.62. The van der Waals surface area contributed by atoms with Gasteiger partial charge in [0, 0.05) is 19.3 Å². The lowest BCUT2D eigenvalue weighted by atomic mass is 9.97. The Morgan fingerprint density at radius 1 is 1.24 bits per heavy atom. The largest absolute Gasteiger partial charge is 0.354 e. The standard InChI is InChI=1S/C19H23N5O/c25-19(21-12-16-7-1-2-9-20-16)15-6-4-10-24(13-15)18-11-14-5-3-8-17(14)22-23-18/h1-2,7,9,11,15H,3-6,8,10,12-13H2,(H,21,25). The van der Waals surface area contributed by atoms with Crippen LogP contribution in [0, 0.1) is 5.92 Å². The molecular weight excluding hydrogens is 314 g/mol. The van der Waals surface area contributed by atoms with Gasteiger partial charge in [-0.25, -0.2) is 0 Å². The first kappa shape index (κ1) is 16.0. The fraction of sp³-hybridized carbons (Fsp3) is 0.474. The van der Waals surface area contributed by atoms with E-state index in [4.69, 9.17) is 0 Å². The lowest BCUT2D eigenvalue weighted by molar-refractivity contribution is -0.125. The van der Waals surface area contributed by atoms with Gasteiger partial charge in [-0.3, -0.25) is 9.78 Å². The number of aryl methyl sites for hydroxylation is 2. The van der Waals surface area contributed by atoms with Gasteiger partial charge in [0.1, 0.15) is 0 Å². The molecule has 2 aromatic rings. The fourth-order valence-corrected chi connectivity index (χ4v) is 3.70. The van der Waals surface area contributed by atoms with E-state index in [0.717, 1.165) is 49.4 Å². The number of nitrogens with one attached hydrogen (secondary N) is 1. The molecule has 2 aromatic heterocycles. The highest BCUT2D eigenvalue weighted by Crippen LogP contribution is 2.26. The van der Waals surface area contributed by atoms with Crippen LogP contribution >= 0.6 is 0 Å². The molecule has 1 aliphatic carbocycles. The highest BCUT2D eigenvalue weighted by molar-refractivity contribution is 5.79. The average Bonchev–Trinajstić information content (AvgIpc) is 3.15. The van der Waals surface area contributed by atoms with Crippen LogP contribution in [-0.4, -0.2) is 34.2 Å². The SMILES string of the molecule is O=C(NCc1ccccn1)C1CCCN(c2cc3c(nn2)CCC3)C1. The Bertz CT molecular complexity index is 749. The van der Waals surface area contributed by atoms with Crippen molar-refractivity contribution in [1.29, 1.82) is 0 Å². The van der Waals surface area contributed by atoms with Crippen LogP contribution in [0.5, 0.6) is 0 Å². The number of hydrogen-bond acceptors (Lipinski definition) is 5. The zero-order valence-corrected chi connectivity index (χ0v) is 14.3. The van der Waals surface area contributed by atoms with Gasteiger partial charge in [0.15, 0.2) is 5.82 Å². The van der Waals surface area contributed by atoms with E-state index in [9.17, 15) is 4.79 Å². The molecule has 1 N–H and O–H groups in total. The number of carbonyl (C=O) groups is 1. The number of hydrogen-bond donors (Lipinski definition) is 1. The first-order valence-electron chi connectivity index (χ1n) is 9.07. The lowest BCUT2D eigenvalue weighted by Crippen LogP contribution is -2.43. The molecule has 0 aromatic carbocycles. The summed E-state index contributed by atoms with van der Waals surface area (Å²) in [6.45, 7) is 2.13. The van der Waals surface area contributed by atoms with Crippen LogP contribution in [0.15, 0.2) is 30.5 Å². The predicted molar refractivity (Wildman–Crippen MR) is 95.1 cm³/mol. The summed E-state index contributed by atoms with van der Waals surface area (Å²) in [5.41, 5.74) is 3.35. The Morgan fingerprint density at radius 3 is 3.08 bits per heavy atom. The van der Waals surface area contributed by atoms with E-state index < -0.39 is 0 Å². The van der Waals surface area contributed by atoms with Crippen molar-refractivity contribution in [2.45, 2.75) is 38.6 Å². The highest BCUT2D eigenvalue weighted by atomic mass is 16.1. The van der Waals surface area contributed by atoms with Crippen LogP contribution in [0.4, 0.5) is 5.82 Å². The molecule has 1 atom stereocenters. The summed E-state index contributed by atoms with van der Waals surface area (Å²) in [7, 11) is 0. The molecule has 2 aliphatic rings. The molecule has 0 radical (unpaired) electrons. The average molecular weight is 337 g/mol. The van der Waals surface area contributed by atoms with Crippen LogP contribution in [0.2, 0.25) is 0 Å². The number of amides is 1.